The molecule has 0 unspecified atom stereocenters. The quantitative estimate of drug-likeness (QED) is 0.599. The molecule has 1 aromatic rings. The lowest BCUT2D eigenvalue weighted by Gasteiger charge is -2.07. The molecule has 5 nitrogen and oxygen atoms in total. The Kier molecular flexibility index (Phi) is 7.27. The molecule has 1 rings (SSSR count). The fourth-order valence-electron chi connectivity index (χ4n) is 1.56. The molecule has 0 bridgehead atoms. The highest BCUT2D eigenvalue weighted by molar-refractivity contribution is 5.84. The van der Waals surface area contributed by atoms with Gasteiger partial charge in [0, 0.05) is 13.0 Å². The third-order valence-electron chi connectivity index (χ3n) is 2.64. The molecule has 2 amide bonds. The van der Waals surface area contributed by atoms with Crippen LogP contribution in [0.25, 0.3) is 0 Å². The highest BCUT2D eigenvalue weighted by Crippen LogP contribution is 1.96. The van der Waals surface area contributed by atoms with Gasteiger partial charge in [-0.05, 0) is 24.9 Å². The van der Waals surface area contributed by atoms with E-state index in [4.69, 9.17) is 5.73 Å². The van der Waals surface area contributed by atoms with Crippen LogP contribution in [0.15, 0.2) is 30.3 Å². The van der Waals surface area contributed by atoms with E-state index < -0.39 is 0 Å². The van der Waals surface area contributed by atoms with Crippen molar-refractivity contribution in [2.75, 3.05) is 13.1 Å². The van der Waals surface area contributed by atoms with Gasteiger partial charge in [-0.2, -0.15) is 0 Å². The third-order valence-corrected chi connectivity index (χ3v) is 2.64. The minimum Gasteiger partial charge on any atom is -0.350 e. The summed E-state index contributed by atoms with van der Waals surface area (Å²) in [4.78, 5) is 22.9. The summed E-state index contributed by atoms with van der Waals surface area (Å²) in [5, 5.41) is 5.33. The molecule has 0 spiro atoms. The Morgan fingerprint density at radius 2 is 1.74 bits per heavy atom. The van der Waals surface area contributed by atoms with Crippen molar-refractivity contribution in [1.82, 2.24) is 10.6 Å². The molecule has 19 heavy (non-hydrogen) atoms. The maximum atomic E-state index is 11.5. The van der Waals surface area contributed by atoms with Crippen molar-refractivity contribution in [3.63, 3.8) is 0 Å². The molecular weight excluding hydrogens is 242 g/mol. The highest BCUT2D eigenvalue weighted by atomic mass is 16.2. The Morgan fingerprint density at radius 1 is 1.00 bits per heavy atom. The smallest absolute Gasteiger partial charge is 0.239 e. The summed E-state index contributed by atoms with van der Waals surface area (Å²) in [6.45, 7) is 1.09. The number of carbonyl (C=O) groups excluding carboxylic acids is 2. The van der Waals surface area contributed by atoms with Crippen LogP contribution in [0.4, 0.5) is 0 Å². The van der Waals surface area contributed by atoms with Crippen LogP contribution in [0, 0.1) is 0 Å². The van der Waals surface area contributed by atoms with Gasteiger partial charge < -0.3 is 16.4 Å². The van der Waals surface area contributed by atoms with E-state index in [0.717, 1.165) is 18.4 Å². The minimum atomic E-state index is -0.184. The second-order valence-electron chi connectivity index (χ2n) is 4.28. The van der Waals surface area contributed by atoms with Crippen LogP contribution in [-0.4, -0.2) is 24.9 Å². The van der Waals surface area contributed by atoms with Gasteiger partial charge in [-0.25, -0.2) is 0 Å². The summed E-state index contributed by atoms with van der Waals surface area (Å²) in [7, 11) is 0. The van der Waals surface area contributed by atoms with Crippen molar-refractivity contribution in [2.24, 2.45) is 5.73 Å². The zero-order valence-corrected chi connectivity index (χ0v) is 11.0. The number of unbranched alkanes of at least 4 members (excludes halogenated alkanes) is 1. The molecule has 0 saturated heterocycles. The topological polar surface area (TPSA) is 84.2 Å². The zero-order valence-electron chi connectivity index (χ0n) is 11.0. The molecule has 0 fully saturated rings. The lowest BCUT2D eigenvalue weighted by Crippen LogP contribution is -2.36. The first-order valence-electron chi connectivity index (χ1n) is 6.49. The SMILES string of the molecule is NCCCCC(=O)NCC(=O)NCc1ccccc1. The van der Waals surface area contributed by atoms with Gasteiger partial charge >= 0.3 is 0 Å². The summed E-state index contributed by atoms with van der Waals surface area (Å²) in [5.41, 5.74) is 6.37. The van der Waals surface area contributed by atoms with Crippen LogP contribution < -0.4 is 16.4 Å². The monoisotopic (exact) mass is 263 g/mol. The van der Waals surface area contributed by atoms with Crippen LogP contribution in [0.2, 0.25) is 0 Å². The van der Waals surface area contributed by atoms with Gasteiger partial charge in [0.25, 0.3) is 0 Å². The average molecular weight is 263 g/mol. The molecule has 4 N–H and O–H groups in total. The van der Waals surface area contributed by atoms with Crippen molar-refractivity contribution in [2.45, 2.75) is 25.8 Å². The number of nitrogens with two attached hydrogens (primary N) is 1. The Bertz CT molecular complexity index is 393. The first-order valence-corrected chi connectivity index (χ1v) is 6.49. The molecule has 1 aromatic carbocycles. The fourth-order valence-corrected chi connectivity index (χ4v) is 1.56. The van der Waals surface area contributed by atoms with Crippen LogP contribution in [0.5, 0.6) is 0 Å². The molecule has 0 aliphatic heterocycles. The largest absolute Gasteiger partial charge is 0.350 e. The van der Waals surface area contributed by atoms with Crippen LogP contribution >= 0.6 is 0 Å². The third kappa shape index (κ3) is 7.21. The van der Waals surface area contributed by atoms with Crippen molar-refractivity contribution in [1.29, 1.82) is 0 Å². The number of amides is 2. The summed E-state index contributed by atoms with van der Waals surface area (Å²) in [6, 6.07) is 9.63. The summed E-state index contributed by atoms with van der Waals surface area (Å²) >= 11 is 0. The van der Waals surface area contributed by atoms with Gasteiger partial charge in [0.1, 0.15) is 0 Å². The maximum absolute atomic E-state index is 11.5. The predicted molar refractivity (Wildman–Crippen MR) is 74.2 cm³/mol. The highest BCUT2D eigenvalue weighted by Gasteiger charge is 2.04. The number of hydrogen-bond donors (Lipinski definition) is 3. The first kappa shape index (κ1) is 15.2. The number of hydrogen-bond acceptors (Lipinski definition) is 3. The standard InChI is InChI=1S/C14H21N3O2/c15-9-5-4-8-13(18)17-11-14(19)16-10-12-6-2-1-3-7-12/h1-3,6-7H,4-5,8-11,15H2,(H,16,19)(H,17,18). The second-order valence-corrected chi connectivity index (χ2v) is 4.28. The Labute approximate surface area is 113 Å². The second kappa shape index (κ2) is 9.10. The normalized spacial score (nSPS) is 9.95. The van der Waals surface area contributed by atoms with Gasteiger partial charge in [0.2, 0.25) is 11.8 Å². The first-order chi connectivity index (χ1) is 9.22. The van der Waals surface area contributed by atoms with E-state index in [2.05, 4.69) is 10.6 Å². The molecular formula is C14H21N3O2. The molecule has 5 heteroatoms. The summed E-state index contributed by atoms with van der Waals surface area (Å²) in [5.74, 6) is -0.292. The lowest BCUT2D eigenvalue weighted by molar-refractivity contribution is -0.126. The molecule has 0 aromatic heterocycles. The van der Waals surface area contributed by atoms with Crippen molar-refractivity contribution in [3.8, 4) is 0 Å². The van der Waals surface area contributed by atoms with Gasteiger partial charge in [0.05, 0.1) is 6.54 Å². The van der Waals surface area contributed by atoms with Crippen LogP contribution in [0.1, 0.15) is 24.8 Å². The van der Waals surface area contributed by atoms with Crippen LogP contribution in [0.3, 0.4) is 0 Å². The van der Waals surface area contributed by atoms with E-state index in [1.54, 1.807) is 0 Å². The zero-order chi connectivity index (χ0) is 13.9. The van der Waals surface area contributed by atoms with Crippen molar-refractivity contribution >= 4 is 11.8 Å². The van der Waals surface area contributed by atoms with Crippen LogP contribution in [-0.2, 0) is 16.1 Å². The average Bonchev–Trinajstić information content (AvgIpc) is 2.44. The summed E-state index contributed by atoms with van der Waals surface area (Å²) < 4.78 is 0. The van der Waals surface area contributed by atoms with Gasteiger partial charge in [0.15, 0.2) is 0 Å². The van der Waals surface area contributed by atoms with E-state index >= 15 is 0 Å². The maximum Gasteiger partial charge on any atom is 0.239 e. The van der Waals surface area contributed by atoms with E-state index in [1.165, 1.54) is 0 Å². The molecule has 0 aliphatic rings. The lowest BCUT2D eigenvalue weighted by atomic mass is 10.2. The van der Waals surface area contributed by atoms with Gasteiger partial charge in [-0.15, -0.1) is 0 Å². The molecule has 0 aliphatic carbocycles. The van der Waals surface area contributed by atoms with E-state index in [0.29, 0.717) is 19.5 Å². The fraction of sp³-hybridized carbons (Fsp3) is 0.429. The Balaban J connectivity index is 2.12. The number of carbonyl (C=O) groups is 2. The van der Waals surface area contributed by atoms with Crippen molar-refractivity contribution < 1.29 is 9.59 Å². The number of nitrogens with one attached hydrogen (secondary N) is 2. The van der Waals surface area contributed by atoms with E-state index in [-0.39, 0.29) is 18.4 Å². The number of rotatable bonds is 8. The number of benzene rings is 1. The Hall–Kier alpha value is -1.88. The molecule has 0 saturated carbocycles. The van der Waals surface area contributed by atoms with Gasteiger partial charge in [-0.1, -0.05) is 30.3 Å². The van der Waals surface area contributed by atoms with E-state index in [9.17, 15) is 9.59 Å². The molecule has 0 radical (unpaired) electrons. The summed E-state index contributed by atoms with van der Waals surface area (Å²) in [6.07, 6.45) is 2.00. The predicted octanol–water partition coefficient (Wildman–Crippen LogP) is 0.548. The minimum absolute atomic E-state index is 0.0221. The molecule has 0 atom stereocenters. The van der Waals surface area contributed by atoms with Gasteiger partial charge in [-0.3, -0.25) is 9.59 Å². The van der Waals surface area contributed by atoms with Crippen molar-refractivity contribution in [3.05, 3.63) is 35.9 Å². The molecule has 104 valence electrons. The molecule has 0 heterocycles. The Morgan fingerprint density at radius 3 is 2.42 bits per heavy atom. The van der Waals surface area contributed by atoms with E-state index in [1.807, 2.05) is 30.3 Å².